The third kappa shape index (κ3) is 3.03. The van der Waals surface area contributed by atoms with Gasteiger partial charge in [-0.1, -0.05) is 30.3 Å². The molecule has 4 atom stereocenters. The molecule has 0 amide bonds. The summed E-state index contributed by atoms with van der Waals surface area (Å²) in [5.74, 6) is 0.685. The second-order valence-electron chi connectivity index (χ2n) is 11.5. The second-order valence-corrected chi connectivity index (χ2v) is 11.5. The number of Topliss-reactive ketones (excluding diaryl/α,β-unsaturated/α-hetero) is 1. The van der Waals surface area contributed by atoms with E-state index in [9.17, 15) is 14.7 Å². The first-order chi connectivity index (χ1) is 18.0. The molecule has 3 heterocycles. The van der Waals surface area contributed by atoms with Gasteiger partial charge in [0.1, 0.15) is 11.3 Å². The minimum absolute atomic E-state index is 0. The molecule has 0 radical (unpaired) electrons. The summed E-state index contributed by atoms with van der Waals surface area (Å²) in [6.07, 6.45) is 5.50. The highest BCUT2D eigenvalue weighted by atomic mass is 35.5. The molecule has 2 aromatic carbocycles. The number of esters is 1. The number of hydrogen-bond acceptors (Lipinski definition) is 7. The maximum absolute atomic E-state index is 13.9. The summed E-state index contributed by atoms with van der Waals surface area (Å²) in [6, 6.07) is 13.2. The van der Waals surface area contributed by atoms with Crippen molar-refractivity contribution in [1.82, 2.24) is 9.88 Å². The van der Waals surface area contributed by atoms with Gasteiger partial charge < -0.3 is 14.6 Å². The summed E-state index contributed by atoms with van der Waals surface area (Å²) in [7, 11) is 0. The zero-order valence-corrected chi connectivity index (χ0v) is 21.7. The number of carbonyl (C=O) groups excluding carboxylic acids is 2. The molecule has 3 aliphatic carbocycles. The van der Waals surface area contributed by atoms with Crippen LogP contribution in [-0.4, -0.2) is 57.6 Å². The van der Waals surface area contributed by atoms with Gasteiger partial charge in [-0.25, -0.2) is 9.78 Å². The largest absolute Gasteiger partial charge is 0.504 e. The van der Waals surface area contributed by atoms with Crippen molar-refractivity contribution in [1.29, 1.82) is 0 Å². The normalized spacial score (nSPS) is 30.8. The van der Waals surface area contributed by atoms with E-state index in [0.29, 0.717) is 30.9 Å². The van der Waals surface area contributed by atoms with Crippen molar-refractivity contribution in [2.45, 2.75) is 61.7 Å². The maximum Gasteiger partial charge on any atom is 0.357 e. The number of ether oxygens (including phenoxy) is 2. The number of pyridine rings is 1. The summed E-state index contributed by atoms with van der Waals surface area (Å²) in [6.45, 7) is 1.80. The van der Waals surface area contributed by atoms with Crippen molar-refractivity contribution in [2.24, 2.45) is 5.92 Å². The van der Waals surface area contributed by atoms with Gasteiger partial charge in [0, 0.05) is 30.1 Å². The van der Waals surface area contributed by atoms with Gasteiger partial charge in [-0.2, -0.15) is 0 Å². The predicted octanol–water partition coefficient (Wildman–Crippen LogP) is 4.36. The first-order valence-corrected chi connectivity index (χ1v) is 13.4. The molecule has 3 fully saturated rings. The lowest BCUT2D eigenvalue weighted by Crippen LogP contribution is -2.77. The molecule has 2 bridgehead atoms. The number of fused-ring (bicyclic) bond motifs is 1. The van der Waals surface area contributed by atoms with Crippen LogP contribution < -0.4 is 4.74 Å². The number of aromatic nitrogens is 1. The molecule has 1 aromatic heterocycles. The van der Waals surface area contributed by atoms with Crippen LogP contribution in [0.2, 0.25) is 0 Å². The lowest BCUT2D eigenvalue weighted by molar-refractivity contribution is -0.190. The average Bonchev–Trinajstić information content (AvgIpc) is 3.65. The zero-order chi connectivity index (χ0) is 24.9. The molecule has 2 saturated carbocycles. The van der Waals surface area contributed by atoms with Crippen LogP contribution in [0.5, 0.6) is 11.5 Å². The molecule has 38 heavy (non-hydrogen) atoms. The summed E-state index contributed by atoms with van der Waals surface area (Å²) in [4.78, 5) is 34.2. The van der Waals surface area contributed by atoms with Crippen LogP contribution >= 0.6 is 12.4 Å². The molecule has 8 rings (SSSR count). The lowest BCUT2D eigenvalue weighted by atomic mass is 9.48. The Balaban J connectivity index is 0.00000242. The number of nitrogens with zero attached hydrogens (tertiary/aromatic N) is 2. The number of rotatable bonds is 4. The zero-order valence-electron chi connectivity index (χ0n) is 20.9. The Morgan fingerprint density at radius 1 is 1.16 bits per heavy atom. The molecule has 1 saturated heterocycles. The maximum atomic E-state index is 13.9. The number of ketones is 1. The molecular formula is C30H29ClN2O5. The van der Waals surface area contributed by atoms with Gasteiger partial charge in [-0.05, 0) is 67.6 Å². The van der Waals surface area contributed by atoms with Gasteiger partial charge in [0.15, 0.2) is 23.4 Å². The molecule has 0 unspecified atom stereocenters. The lowest BCUT2D eigenvalue weighted by Gasteiger charge is -2.63. The Morgan fingerprint density at radius 2 is 1.97 bits per heavy atom. The highest BCUT2D eigenvalue weighted by molar-refractivity contribution is 5.94. The quantitative estimate of drug-likeness (QED) is 0.499. The Hall–Kier alpha value is -3.16. The van der Waals surface area contributed by atoms with Crippen LogP contribution in [0.15, 0.2) is 48.7 Å². The van der Waals surface area contributed by atoms with Crippen LogP contribution in [0.4, 0.5) is 0 Å². The minimum Gasteiger partial charge on any atom is -0.504 e. The number of carbonyl (C=O) groups is 2. The monoisotopic (exact) mass is 532 g/mol. The first-order valence-electron chi connectivity index (χ1n) is 13.4. The van der Waals surface area contributed by atoms with E-state index >= 15 is 0 Å². The fraction of sp³-hybridized carbons (Fsp3) is 0.433. The van der Waals surface area contributed by atoms with E-state index in [2.05, 4.69) is 9.88 Å². The third-order valence-corrected chi connectivity index (χ3v) is 9.63. The number of piperidine rings is 1. The van der Waals surface area contributed by atoms with Crippen LogP contribution in [0.3, 0.4) is 0 Å². The van der Waals surface area contributed by atoms with Crippen molar-refractivity contribution in [3.8, 4) is 11.5 Å². The van der Waals surface area contributed by atoms with Gasteiger partial charge in [0.2, 0.25) is 0 Å². The third-order valence-electron chi connectivity index (χ3n) is 9.63. The number of hydrogen-bond donors (Lipinski definition) is 1. The van der Waals surface area contributed by atoms with Crippen LogP contribution in [0.1, 0.15) is 53.7 Å². The Kier molecular flexibility index (Phi) is 5.14. The molecule has 7 nitrogen and oxygen atoms in total. The second kappa shape index (κ2) is 8.17. The first kappa shape index (κ1) is 23.9. The Labute approximate surface area is 226 Å². The highest BCUT2D eigenvalue weighted by Crippen LogP contribution is 2.66. The van der Waals surface area contributed by atoms with Crippen molar-refractivity contribution in [3.63, 3.8) is 0 Å². The number of halogens is 1. The molecule has 3 aromatic rings. The van der Waals surface area contributed by atoms with Gasteiger partial charge >= 0.3 is 5.97 Å². The van der Waals surface area contributed by atoms with E-state index in [0.717, 1.165) is 35.0 Å². The fourth-order valence-electron chi connectivity index (χ4n) is 7.86. The number of likely N-dealkylation sites (tertiary alicyclic amines) is 1. The summed E-state index contributed by atoms with van der Waals surface area (Å²) in [5, 5.41) is 12.6. The summed E-state index contributed by atoms with van der Waals surface area (Å²) in [5.41, 5.74) is 0.500. The SMILES string of the molecule is Cl.O=C(O[C@@]12CCC(=O)[C@@H]3Oc4c(O)ccc5c4[C@@]31CCN(CC1CC1)[C@@H]2C5)c1cc2ccccc2cn1. The van der Waals surface area contributed by atoms with E-state index in [1.165, 1.54) is 12.8 Å². The molecule has 5 aliphatic rings. The molecule has 1 spiro atoms. The number of phenolic OH excluding ortho intramolecular Hbond substituents is 1. The van der Waals surface area contributed by atoms with E-state index in [-0.39, 0.29) is 42.1 Å². The van der Waals surface area contributed by atoms with Gasteiger partial charge in [0.25, 0.3) is 0 Å². The molecule has 2 aliphatic heterocycles. The van der Waals surface area contributed by atoms with Crippen molar-refractivity contribution in [2.75, 3.05) is 13.1 Å². The van der Waals surface area contributed by atoms with Crippen molar-refractivity contribution >= 4 is 34.9 Å². The standard InChI is InChI=1S/C30H28N2O5.ClH/c33-22-8-7-19-14-24-30(37-28(35)21-13-18-3-1-2-4-20(18)15-31-21)10-9-23(34)27-29(30,25(19)26(22)36-27)11-12-32(24)16-17-5-6-17;/h1-4,7-8,13,15,17,24,27,33H,5-6,9-12,14,16H2;1H/t24-,27+,29+,30-;/m1./s1. The number of phenols is 1. The minimum atomic E-state index is -0.935. The van der Waals surface area contributed by atoms with E-state index < -0.39 is 23.1 Å². The van der Waals surface area contributed by atoms with Crippen molar-refractivity contribution < 1.29 is 24.2 Å². The molecule has 1 N–H and O–H groups in total. The molecule has 196 valence electrons. The van der Waals surface area contributed by atoms with Gasteiger partial charge in [0.05, 0.1) is 11.5 Å². The van der Waals surface area contributed by atoms with Crippen LogP contribution in [-0.2, 0) is 21.4 Å². The fourth-order valence-corrected chi connectivity index (χ4v) is 7.86. The Bertz CT molecular complexity index is 1510. The molecular weight excluding hydrogens is 504 g/mol. The summed E-state index contributed by atoms with van der Waals surface area (Å²) < 4.78 is 13.0. The van der Waals surface area contributed by atoms with Gasteiger partial charge in [-0.15, -0.1) is 12.4 Å². The van der Waals surface area contributed by atoms with Crippen LogP contribution in [0, 0.1) is 5.92 Å². The van der Waals surface area contributed by atoms with E-state index in [1.54, 1.807) is 18.3 Å². The number of benzene rings is 2. The van der Waals surface area contributed by atoms with Gasteiger partial charge in [-0.3, -0.25) is 9.69 Å². The topological polar surface area (TPSA) is 89.0 Å². The predicted molar refractivity (Wildman–Crippen MR) is 142 cm³/mol. The van der Waals surface area contributed by atoms with Crippen molar-refractivity contribution in [3.05, 3.63) is 65.5 Å². The number of aromatic hydroxyl groups is 1. The molecule has 8 heteroatoms. The average molecular weight is 533 g/mol. The Morgan fingerprint density at radius 3 is 2.79 bits per heavy atom. The van der Waals surface area contributed by atoms with E-state index in [1.807, 2.05) is 30.3 Å². The van der Waals surface area contributed by atoms with Crippen LogP contribution in [0.25, 0.3) is 10.8 Å². The highest BCUT2D eigenvalue weighted by Gasteiger charge is 2.75. The van der Waals surface area contributed by atoms with E-state index in [4.69, 9.17) is 9.47 Å². The summed E-state index contributed by atoms with van der Waals surface area (Å²) >= 11 is 0. The smallest absolute Gasteiger partial charge is 0.357 e.